The third-order valence-electron chi connectivity index (χ3n) is 5.24. The van der Waals surface area contributed by atoms with E-state index in [1.807, 2.05) is 0 Å². The van der Waals surface area contributed by atoms with Crippen molar-refractivity contribution in [3.8, 4) is 0 Å². The van der Waals surface area contributed by atoms with Crippen LogP contribution in [0.4, 0.5) is 5.69 Å². The highest BCUT2D eigenvalue weighted by Gasteiger charge is 2.37. The van der Waals surface area contributed by atoms with Crippen LogP contribution in [0.3, 0.4) is 0 Å². The second-order valence-corrected chi connectivity index (χ2v) is 8.64. The Morgan fingerprint density at radius 1 is 1.32 bits per heavy atom. The third-order valence-corrected chi connectivity index (χ3v) is 7.16. The molecule has 2 heterocycles. The first kappa shape index (κ1) is 20.2. The molecule has 140 valence electrons. The van der Waals surface area contributed by atoms with E-state index in [-0.39, 0.29) is 30.3 Å². The van der Waals surface area contributed by atoms with Gasteiger partial charge in [-0.25, -0.2) is 8.42 Å². The molecule has 2 unspecified atom stereocenters. The van der Waals surface area contributed by atoms with Crippen molar-refractivity contribution >= 4 is 34.0 Å². The van der Waals surface area contributed by atoms with E-state index in [1.165, 1.54) is 6.92 Å². The van der Waals surface area contributed by atoms with Crippen LogP contribution in [0.2, 0.25) is 0 Å². The molecule has 6 nitrogen and oxygen atoms in total. The van der Waals surface area contributed by atoms with Crippen molar-refractivity contribution in [3.63, 3.8) is 0 Å². The molecule has 25 heavy (non-hydrogen) atoms. The standard InChI is InChI=1S/C17H25N3O3S.ClH/c1-12-4-3-8-20(17(12)11-18)24(22,23)15-5-6-16-14(10-15)7-9-19(16)13(2)21;/h5-6,10,12,17H,3-4,7-9,11,18H2,1-2H3;1H. The van der Waals surface area contributed by atoms with Gasteiger partial charge in [0.15, 0.2) is 0 Å². The number of nitrogens with two attached hydrogens (primary N) is 1. The second kappa shape index (κ2) is 7.61. The Kier molecular flexibility index (Phi) is 6.14. The molecule has 0 bridgehead atoms. The van der Waals surface area contributed by atoms with Gasteiger partial charge < -0.3 is 10.6 Å². The van der Waals surface area contributed by atoms with Gasteiger partial charge in [0.25, 0.3) is 0 Å². The van der Waals surface area contributed by atoms with E-state index >= 15 is 0 Å². The van der Waals surface area contributed by atoms with Crippen molar-refractivity contribution in [2.24, 2.45) is 11.7 Å². The Hall–Kier alpha value is -1.15. The molecular weight excluding hydrogens is 362 g/mol. The van der Waals surface area contributed by atoms with Crippen molar-refractivity contribution in [2.45, 2.75) is 44.0 Å². The van der Waals surface area contributed by atoms with Gasteiger partial charge in [0, 0.05) is 38.3 Å². The van der Waals surface area contributed by atoms with Crippen molar-refractivity contribution in [1.82, 2.24) is 4.31 Å². The molecule has 0 saturated carbocycles. The highest BCUT2D eigenvalue weighted by Crippen LogP contribution is 2.33. The molecule has 3 rings (SSSR count). The van der Waals surface area contributed by atoms with E-state index in [1.54, 1.807) is 27.4 Å². The average molecular weight is 388 g/mol. The molecule has 0 radical (unpaired) electrons. The van der Waals surface area contributed by atoms with E-state index in [9.17, 15) is 13.2 Å². The molecule has 1 fully saturated rings. The summed E-state index contributed by atoms with van der Waals surface area (Å²) >= 11 is 0. The maximum atomic E-state index is 13.1. The molecule has 2 aliphatic heterocycles. The first-order valence-electron chi connectivity index (χ1n) is 8.49. The summed E-state index contributed by atoms with van der Waals surface area (Å²) in [5.74, 6) is 0.249. The summed E-state index contributed by atoms with van der Waals surface area (Å²) in [5, 5.41) is 0. The zero-order valence-electron chi connectivity index (χ0n) is 14.6. The SMILES string of the molecule is CC(=O)N1CCc2cc(S(=O)(=O)N3CCCC(C)C3CN)ccc21.Cl. The summed E-state index contributed by atoms with van der Waals surface area (Å²) in [6.07, 6.45) is 2.56. The van der Waals surface area contributed by atoms with Crippen LogP contribution < -0.4 is 10.6 Å². The third kappa shape index (κ3) is 3.56. The molecule has 2 N–H and O–H groups in total. The number of rotatable bonds is 3. The van der Waals surface area contributed by atoms with E-state index in [2.05, 4.69) is 6.92 Å². The Bertz CT molecular complexity index is 754. The number of nitrogens with zero attached hydrogens (tertiary/aromatic N) is 2. The van der Waals surface area contributed by atoms with Crippen LogP contribution in [0.25, 0.3) is 0 Å². The number of halogens is 1. The van der Waals surface area contributed by atoms with Gasteiger partial charge in [-0.15, -0.1) is 12.4 Å². The monoisotopic (exact) mass is 387 g/mol. The summed E-state index contributed by atoms with van der Waals surface area (Å²) in [4.78, 5) is 13.6. The molecule has 1 aromatic rings. The number of carbonyl (C=O) groups is 1. The molecular formula is C17H26ClN3O3S. The minimum atomic E-state index is -3.57. The lowest BCUT2D eigenvalue weighted by atomic mass is 9.93. The number of fused-ring (bicyclic) bond motifs is 1. The molecule has 2 aliphatic rings. The number of carbonyl (C=O) groups excluding carboxylic acids is 1. The number of amides is 1. The van der Waals surface area contributed by atoms with Crippen LogP contribution in [-0.4, -0.2) is 44.3 Å². The lowest BCUT2D eigenvalue weighted by Gasteiger charge is -2.38. The number of anilines is 1. The molecule has 1 saturated heterocycles. The Morgan fingerprint density at radius 2 is 2.04 bits per heavy atom. The largest absolute Gasteiger partial charge is 0.329 e. The van der Waals surface area contributed by atoms with E-state index in [0.29, 0.717) is 31.0 Å². The molecule has 1 amide bonds. The molecule has 0 aromatic heterocycles. The highest BCUT2D eigenvalue weighted by molar-refractivity contribution is 7.89. The van der Waals surface area contributed by atoms with Crippen molar-refractivity contribution in [2.75, 3.05) is 24.5 Å². The van der Waals surface area contributed by atoms with Crippen molar-refractivity contribution in [1.29, 1.82) is 0 Å². The summed E-state index contributed by atoms with van der Waals surface area (Å²) in [6.45, 7) is 5.06. The van der Waals surface area contributed by atoms with Gasteiger partial charge in [0.05, 0.1) is 4.90 Å². The first-order valence-corrected chi connectivity index (χ1v) is 9.93. The molecule has 0 aliphatic carbocycles. The van der Waals surface area contributed by atoms with Gasteiger partial charge in [0.2, 0.25) is 15.9 Å². The van der Waals surface area contributed by atoms with Crippen molar-refractivity contribution in [3.05, 3.63) is 23.8 Å². The average Bonchev–Trinajstić information content (AvgIpc) is 2.97. The molecule has 8 heteroatoms. The Morgan fingerprint density at radius 3 is 2.68 bits per heavy atom. The fraction of sp³-hybridized carbons (Fsp3) is 0.588. The summed E-state index contributed by atoms with van der Waals surface area (Å²) in [5.41, 5.74) is 7.59. The lowest BCUT2D eigenvalue weighted by molar-refractivity contribution is -0.116. The van der Waals surface area contributed by atoms with Crippen LogP contribution in [0, 0.1) is 5.92 Å². The Balaban J connectivity index is 0.00000225. The number of benzene rings is 1. The van der Waals surface area contributed by atoms with Crippen LogP contribution in [0.1, 0.15) is 32.3 Å². The summed E-state index contributed by atoms with van der Waals surface area (Å²) < 4.78 is 27.8. The van der Waals surface area contributed by atoms with Gasteiger partial charge in [-0.2, -0.15) is 4.31 Å². The summed E-state index contributed by atoms with van der Waals surface area (Å²) in [6, 6.07) is 4.94. The number of piperidine rings is 1. The first-order chi connectivity index (χ1) is 11.4. The maximum Gasteiger partial charge on any atom is 0.243 e. The topological polar surface area (TPSA) is 83.7 Å². The quantitative estimate of drug-likeness (QED) is 0.856. The molecule has 0 spiro atoms. The summed E-state index contributed by atoms with van der Waals surface area (Å²) in [7, 11) is -3.57. The fourth-order valence-corrected chi connectivity index (χ4v) is 5.68. The predicted octanol–water partition coefficient (Wildman–Crippen LogP) is 1.77. The normalized spacial score (nSPS) is 23.9. The van der Waals surface area contributed by atoms with Gasteiger partial charge in [-0.1, -0.05) is 6.92 Å². The zero-order chi connectivity index (χ0) is 17.5. The van der Waals surface area contributed by atoms with Gasteiger partial charge in [-0.3, -0.25) is 4.79 Å². The number of hydrogen-bond donors (Lipinski definition) is 1. The predicted molar refractivity (Wildman–Crippen MR) is 101 cm³/mol. The second-order valence-electron chi connectivity index (χ2n) is 6.75. The van der Waals surface area contributed by atoms with Gasteiger partial charge in [0.1, 0.15) is 0 Å². The van der Waals surface area contributed by atoms with E-state index < -0.39 is 10.0 Å². The van der Waals surface area contributed by atoms with Gasteiger partial charge >= 0.3 is 0 Å². The smallest absolute Gasteiger partial charge is 0.243 e. The molecule has 1 aromatic carbocycles. The molecule has 2 atom stereocenters. The minimum Gasteiger partial charge on any atom is -0.329 e. The Labute approximate surface area is 155 Å². The fourth-order valence-electron chi connectivity index (χ4n) is 3.86. The van der Waals surface area contributed by atoms with Crippen LogP contribution in [0.5, 0.6) is 0 Å². The van der Waals surface area contributed by atoms with Gasteiger partial charge in [-0.05, 0) is 48.9 Å². The maximum absolute atomic E-state index is 13.1. The highest BCUT2D eigenvalue weighted by atomic mass is 35.5. The van der Waals surface area contributed by atoms with Crippen molar-refractivity contribution < 1.29 is 13.2 Å². The van der Waals surface area contributed by atoms with Crippen LogP contribution in [0.15, 0.2) is 23.1 Å². The zero-order valence-corrected chi connectivity index (χ0v) is 16.3. The van der Waals surface area contributed by atoms with Crippen LogP contribution in [-0.2, 0) is 21.2 Å². The number of sulfonamides is 1. The number of hydrogen-bond acceptors (Lipinski definition) is 4. The minimum absolute atomic E-state index is 0. The van der Waals surface area contributed by atoms with E-state index in [0.717, 1.165) is 24.1 Å². The van der Waals surface area contributed by atoms with E-state index in [4.69, 9.17) is 5.73 Å². The lowest BCUT2D eigenvalue weighted by Crippen LogP contribution is -2.51. The van der Waals surface area contributed by atoms with Crippen LogP contribution >= 0.6 is 12.4 Å².